The Kier molecular flexibility index (Phi) is 7.06. The zero-order valence-electron chi connectivity index (χ0n) is 26.4. The van der Waals surface area contributed by atoms with Crippen LogP contribution in [0, 0.1) is 0 Å². The van der Waals surface area contributed by atoms with Gasteiger partial charge in [0.2, 0.25) is 5.89 Å². The van der Waals surface area contributed by atoms with E-state index in [1.165, 1.54) is 0 Å². The van der Waals surface area contributed by atoms with Crippen LogP contribution in [-0.4, -0.2) is 19.9 Å². The summed E-state index contributed by atoms with van der Waals surface area (Å²) in [4.78, 5) is 20.2. The summed E-state index contributed by atoms with van der Waals surface area (Å²) >= 11 is 0. The van der Waals surface area contributed by atoms with Crippen LogP contribution in [0.3, 0.4) is 0 Å². The fraction of sp³-hybridized carbons (Fsp3) is 0. The predicted octanol–water partition coefficient (Wildman–Crippen LogP) is 11.2. The Hall–Kier alpha value is -6.72. The zero-order chi connectivity index (χ0) is 32.6. The minimum atomic E-state index is 0.563. The lowest BCUT2D eigenvalue weighted by molar-refractivity contribution is 0.623. The molecule has 0 aliphatic carbocycles. The summed E-state index contributed by atoms with van der Waals surface area (Å²) in [7, 11) is 0. The number of benzene rings is 7. The minimum absolute atomic E-state index is 0.563. The Bertz CT molecular complexity index is 2580. The van der Waals surface area contributed by atoms with Crippen LogP contribution in [0.4, 0.5) is 0 Å². The maximum Gasteiger partial charge on any atom is 0.227 e. The fourth-order valence-corrected chi connectivity index (χ4v) is 6.40. The lowest BCUT2D eigenvalue weighted by Gasteiger charge is -2.14. The van der Waals surface area contributed by atoms with Crippen molar-refractivity contribution in [3.05, 3.63) is 170 Å². The van der Waals surface area contributed by atoms with E-state index in [2.05, 4.69) is 78.9 Å². The van der Waals surface area contributed by atoms with Gasteiger partial charge in [-0.05, 0) is 51.9 Å². The molecule has 0 fully saturated rings. The first-order valence-electron chi connectivity index (χ1n) is 16.2. The second kappa shape index (κ2) is 12.1. The first-order valence-corrected chi connectivity index (χ1v) is 16.2. The van der Waals surface area contributed by atoms with Gasteiger partial charge in [-0.25, -0.2) is 19.9 Å². The molecule has 49 heavy (non-hydrogen) atoms. The molecule has 0 aliphatic heterocycles. The third kappa shape index (κ3) is 5.33. The molecule has 230 valence electrons. The Labute approximate surface area is 283 Å². The highest BCUT2D eigenvalue weighted by Gasteiger charge is 2.19. The number of hydrogen-bond acceptors (Lipinski definition) is 5. The van der Waals surface area contributed by atoms with E-state index in [-0.39, 0.29) is 0 Å². The molecule has 0 bridgehead atoms. The van der Waals surface area contributed by atoms with E-state index in [0.29, 0.717) is 28.9 Å². The van der Waals surface area contributed by atoms with Gasteiger partial charge in [-0.1, -0.05) is 146 Å². The highest BCUT2D eigenvalue weighted by atomic mass is 16.3. The van der Waals surface area contributed by atoms with Crippen molar-refractivity contribution in [3.63, 3.8) is 0 Å². The van der Waals surface area contributed by atoms with Crippen molar-refractivity contribution in [1.29, 1.82) is 0 Å². The monoisotopic (exact) mass is 628 g/mol. The van der Waals surface area contributed by atoms with Crippen LogP contribution < -0.4 is 0 Å². The van der Waals surface area contributed by atoms with Gasteiger partial charge in [0.15, 0.2) is 23.1 Å². The van der Waals surface area contributed by atoms with E-state index < -0.39 is 0 Å². The van der Waals surface area contributed by atoms with E-state index in [0.717, 1.165) is 60.8 Å². The molecule has 0 aliphatic rings. The third-order valence-corrected chi connectivity index (χ3v) is 8.77. The first-order chi connectivity index (χ1) is 24.3. The van der Waals surface area contributed by atoms with Crippen LogP contribution in [0.25, 0.3) is 89.7 Å². The van der Waals surface area contributed by atoms with Gasteiger partial charge in [-0.3, -0.25) is 0 Å². The van der Waals surface area contributed by atoms with Gasteiger partial charge < -0.3 is 4.42 Å². The largest absolute Gasteiger partial charge is 0.435 e. The van der Waals surface area contributed by atoms with Crippen LogP contribution in [-0.2, 0) is 0 Å². The summed E-state index contributed by atoms with van der Waals surface area (Å²) in [6, 6.07) is 57.7. The van der Waals surface area contributed by atoms with Gasteiger partial charge in [0, 0.05) is 27.6 Å². The Balaban J connectivity index is 1.27. The minimum Gasteiger partial charge on any atom is -0.435 e. The summed E-state index contributed by atoms with van der Waals surface area (Å²) in [6.45, 7) is 0. The van der Waals surface area contributed by atoms with Gasteiger partial charge in [0.05, 0.1) is 0 Å². The second-order valence-electron chi connectivity index (χ2n) is 11.9. The van der Waals surface area contributed by atoms with Crippen LogP contribution >= 0.6 is 0 Å². The molecule has 7 aromatic carbocycles. The lowest BCUT2D eigenvalue weighted by Crippen LogP contribution is -2.01. The van der Waals surface area contributed by atoms with Crippen LogP contribution in [0.1, 0.15) is 0 Å². The molecule has 0 saturated carbocycles. The number of nitrogens with zero attached hydrogens (tertiary/aromatic N) is 4. The molecule has 0 atom stereocenters. The number of hydrogen-bond donors (Lipinski definition) is 0. The quantitative estimate of drug-likeness (QED) is 0.183. The maximum absolute atomic E-state index is 6.50. The average Bonchev–Trinajstić information content (AvgIpc) is 3.64. The van der Waals surface area contributed by atoms with E-state index in [9.17, 15) is 0 Å². The molecule has 9 aromatic rings. The molecule has 0 saturated heterocycles. The lowest BCUT2D eigenvalue weighted by atomic mass is 9.92. The van der Waals surface area contributed by atoms with Crippen LogP contribution in [0.15, 0.2) is 174 Å². The number of rotatable bonds is 6. The SMILES string of the molecule is c1ccc(-c2nc(-c3ccc(-c4ccccc4)c(-c4ccccc4)c3)nc(-c3cccc4ccc5nc(-c6ccccc6)oc5c34)n2)cc1. The summed E-state index contributed by atoms with van der Waals surface area (Å²) in [5, 5.41) is 1.93. The molecule has 0 unspecified atom stereocenters. The molecule has 0 radical (unpaired) electrons. The molecule has 0 amide bonds. The molecule has 2 heterocycles. The van der Waals surface area contributed by atoms with Crippen molar-refractivity contribution in [2.75, 3.05) is 0 Å². The molecule has 2 aromatic heterocycles. The third-order valence-electron chi connectivity index (χ3n) is 8.77. The molecule has 0 spiro atoms. The van der Waals surface area contributed by atoms with Crippen molar-refractivity contribution in [2.45, 2.75) is 0 Å². The second-order valence-corrected chi connectivity index (χ2v) is 11.9. The van der Waals surface area contributed by atoms with Crippen molar-refractivity contribution in [1.82, 2.24) is 19.9 Å². The predicted molar refractivity (Wildman–Crippen MR) is 198 cm³/mol. The first kappa shape index (κ1) is 28.5. The van der Waals surface area contributed by atoms with Crippen LogP contribution in [0.5, 0.6) is 0 Å². The maximum atomic E-state index is 6.50. The summed E-state index contributed by atoms with van der Waals surface area (Å²) in [5.41, 5.74) is 9.58. The standard InChI is InChI=1S/C44H28N4O/c1-5-14-29(15-6-1)35-26-24-34(28-37(35)30-16-7-2-8-17-30)42-46-41(32-18-9-3-10-19-32)47-43(48-42)36-23-13-22-31-25-27-38-40(39(31)36)49-44(45-38)33-20-11-4-12-21-33/h1-28H. The fourth-order valence-electron chi connectivity index (χ4n) is 6.40. The summed E-state index contributed by atoms with van der Waals surface area (Å²) in [6.07, 6.45) is 0. The topological polar surface area (TPSA) is 64.7 Å². The smallest absolute Gasteiger partial charge is 0.227 e. The zero-order valence-corrected chi connectivity index (χ0v) is 26.4. The number of oxazole rings is 1. The van der Waals surface area contributed by atoms with E-state index in [1.54, 1.807) is 0 Å². The summed E-state index contributed by atoms with van der Waals surface area (Å²) in [5.74, 6) is 2.33. The van der Waals surface area contributed by atoms with E-state index in [1.807, 2.05) is 91.0 Å². The molecule has 5 nitrogen and oxygen atoms in total. The molecule has 9 rings (SSSR count). The van der Waals surface area contributed by atoms with Gasteiger partial charge in [0.25, 0.3) is 0 Å². The van der Waals surface area contributed by atoms with Gasteiger partial charge >= 0.3 is 0 Å². The Morgan fingerprint density at radius 2 is 0.918 bits per heavy atom. The van der Waals surface area contributed by atoms with Crippen molar-refractivity contribution >= 4 is 21.9 Å². The highest BCUT2D eigenvalue weighted by molar-refractivity contribution is 6.10. The van der Waals surface area contributed by atoms with Gasteiger partial charge in [-0.2, -0.15) is 0 Å². The van der Waals surface area contributed by atoms with E-state index in [4.69, 9.17) is 24.4 Å². The van der Waals surface area contributed by atoms with Crippen LogP contribution in [0.2, 0.25) is 0 Å². The molecule has 0 N–H and O–H groups in total. The van der Waals surface area contributed by atoms with Gasteiger partial charge in [-0.15, -0.1) is 0 Å². The van der Waals surface area contributed by atoms with E-state index >= 15 is 0 Å². The normalized spacial score (nSPS) is 11.3. The Morgan fingerprint density at radius 3 is 1.59 bits per heavy atom. The van der Waals surface area contributed by atoms with Crippen molar-refractivity contribution in [3.8, 4) is 67.9 Å². The molecule has 5 heteroatoms. The molecular formula is C44H28N4O. The Morgan fingerprint density at radius 1 is 0.347 bits per heavy atom. The highest BCUT2D eigenvalue weighted by Crippen LogP contribution is 2.38. The van der Waals surface area contributed by atoms with Gasteiger partial charge in [0.1, 0.15) is 5.52 Å². The summed E-state index contributed by atoms with van der Waals surface area (Å²) < 4.78 is 6.50. The van der Waals surface area contributed by atoms with Crippen molar-refractivity contribution in [2.24, 2.45) is 0 Å². The number of aromatic nitrogens is 4. The van der Waals surface area contributed by atoms with Crippen molar-refractivity contribution < 1.29 is 4.42 Å². The molecular weight excluding hydrogens is 601 g/mol. The average molecular weight is 629 g/mol. The number of fused-ring (bicyclic) bond motifs is 3.